The molecule has 1 aliphatic rings. The van der Waals surface area contributed by atoms with Crippen LogP contribution in [-0.4, -0.2) is 39.0 Å². The molecule has 2 aromatic rings. The highest BCUT2D eigenvalue weighted by Gasteiger charge is 2.38. The van der Waals surface area contributed by atoms with Crippen LogP contribution in [0.3, 0.4) is 0 Å². The summed E-state index contributed by atoms with van der Waals surface area (Å²) in [6, 6.07) is -0.176. The minimum Gasteiger partial charge on any atom is -0.339 e. The molecule has 20 heavy (non-hydrogen) atoms. The summed E-state index contributed by atoms with van der Waals surface area (Å²) in [4.78, 5) is 3.98. The second-order valence-corrected chi connectivity index (χ2v) is 6.96. The van der Waals surface area contributed by atoms with Gasteiger partial charge >= 0.3 is 0 Å². The molecule has 3 heterocycles. The van der Waals surface area contributed by atoms with Crippen molar-refractivity contribution in [3.8, 4) is 0 Å². The number of nitrogens with one attached hydrogen (secondary N) is 1. The van der Waals surface area contributed by atoms with Gasteiger partial charge in [-0.05, 0) is 25.3 Å². The van der Waals surface area contributed by atoms with E-state index in [1.165, 1.54) is 16.8 Å². The molecule has 0 aliphatic carbocycles. The van der Waals surface area contributed by atoms with Gasteiger partial charge < -0.3 is 4.57 Å². The van der Waals surface area contributed by atoms with E-state index in [-0.39, 0.29) is 11.1 Å². The molecular weight excluding hydrogens is 278 g/mol. The van der Waals surface area contributed by atoms with Crippen molar-refractivity contribution < 1.29 is 8.42 Å². The molecule has 0 amide bonds. The Morgan fingerprint density at radius 3 is 2.85 bits per heavy atom. The fourth-order valence-electron chi connectivity index (χ4n) is 2.65. The predicted molar refractivity (Wildman–Crippen MR) is 72.4 cm³/mol. The molecular formula is C12H17N5O2S. The first kappa shape index (κ1) is 13.3. The highest BCUT2D eigenvalue weighted by atomic mass is 32.2. The minimum absolute atomic E-state index is 0.101. The zero-order valence-corrected chi connectivity index (χ0v) is 12.3. The first-order valence-electron chi connectivity index (χ1n) is 6.50. The van der Waals surface area contributed by atoms with E-state index in [1.807, 2.05) is 6.92 Å². The van der Waals surface area contributed by atoms with E-state index in [2.05, 4.69) is 15.2 Å². The van der Waals surface area contributed by atoms with Gasteiger partial charge in [0.1, 0.15) is 0 Å². The molecule has 3 rings (SSSR count). The lowest BCUT2D eigenvalue weighted by atomic mass is 10.1. The van der Waals surface area contributed by atoms with Crippen molar-refractivity contribution in [3.05, 3.63) is 30.0 Å². The van der Waals surface area contributed by atoms with E-state index in [0.29, 0.717) is 6.54 Å². The lowest BCUT2D eigenvalue weighted by Crippen LogP contribution is -2.31. The zero-order chi connectivity index (χ0) is 14.3. The van der Waals surface area contributed by atoms with Crippen molar-refractivity contribution in [2.75, 3.05) is 6.54 Å². The van der Waals surface area contributed by atoms with Crippen molar-refractivity contribution in [2.24, 2.45) is 7.05 Å². The van der Waals surface area contributed by atoms with Crippen molar-refractivity contribution in [3.63, 3.8) is 0 Å². The van der Waals surface area contributed by atoms with E-state index in [4.69, 9.17) is 0 Å². The second-order valence-electron chi connectivity index (χ2n) is 5.12. The van der Waals surface area contributed by atoms with Crippen LogP contribution in [0.5, 0.6) is 0 Å². The zero-order valence-electron chi connectivity index (χ0n) is 11.4. The van der Waals surface area contributed by atoms with E-state index in [9.17, 15) is 8.42 Å². The molecule has 0 aromatic carbocycles. The van der Waals surface area contributed by atoms with Crippen molar-refractivity contribution in [2.45, 2.75) is 30.8 Å². The Labute approximate surface area is 117 Å². The fraction of sp³-hybridized carbons (Fsp3) is 0.500. The summed E-state index contributed by atoms with van der Waals surface area (Å²) in [6.45, 7) is 2.45. The van der Waals surface area contributed by atoms with Gasteiger partial charge in [-0.1, -0.05) is 0 Å². The Bertz CT molecular complexity index is 718. The third kappa shape index (κ3) is 2.04. The molecule has 0 spiro atoms. The summed E-state index contributed by atoms with van der Waals surface area (Å²) in [6.07, 6.45) is 6.40. The molecule has 1 atom stereocenters. The highest BCUT2D eigenvalue weighted by molar-refractivity contribution is 7.89. The maximum Gasteiger partial charge on any atom is 0.262 e. The Morgan fingerprint density at radius 2 is 2.25 bits per heavy atom. The largest absolute Gasteiger partial charge is 0.339 e. The van der Waals surface area contributed by atoms with Crippen molar-refractivity contribution in [1.29, 1.82) is 0 Å². The first-order valence-corrected chi connectivity index (χ1v) is 7.94. The normalized spacial score (nSPS) is 20.6. The van der Waals surface area contributed by atoms with E-state index in [1.54, 1.807) is 17.8 Å². The molecule has 8 heteroatoms. The van der Waals surface area contributed by atoms with Gasteiger partial charge in [-0.2, -0.15) is 9.40 Å². The molecule has 2 aromatic heterocycles. The number of sulfonamides is 1. The summed E-state index contributed by atoms with van der Waals surface area (Å²) in [5, 5.41) is 7.02. The predicted octanol–water partition coefficient (Wildman–Crippen LogP) is 0.977. The Balaban J connectivity index is 1.99. The third-order valence-electron chi connectivity index (χ3n) is 3.66. The molecule has 108 valence electrons. The average molecular weight is 295 g/mol. The summed E-state index contributed by atoms with van der Waals surface area (Å²) >= 11 is 0. The number of hydrogen-bond donors (Lipinski definition) is 1. The Morgan fingerprint density at radius 1 is 1.45 bits per heavy atom. The van der Waals surface area contributed by atoms with Crippen LogP contribution in [0.25, 0.3) is 0 Å². The van der Waals surface area contributed by atoms with Crippen LogP contribution >= 0.6 is 0 Å². The van der Waals surface area contributed by atoms with E-state index in [0.717, 1.165) is 24.1 Å². The molecule has 1 saturated heterocycles. The lowest BCUT2D eigenvalue weighted by Gasteiger charge is -2.22. The topological polar surface area (TPSA) is 83.9 Å². The molecule has 0 radical (unpaired) electrons. The second kappa shape index (κ2) is 4.71. The molecule has 0 unspecified atom stereocenters. The fourth-order valence-corrected chi connectivity index (χ4v) is 4.29. The Hall–Kier alpha value is -1.67. The van der Waals surface area contributed by atoms with Gasteiger partial charge in [0.2, 0.25) is 0 Å². The van der Waals surface area contributed by atoms with Gasteiger partial charge in [-0.25, -0.2) is 13.4 Å². The quantitative estimate of drug-likeness (QED) is 0.914. The number of aromatic nitrogens is 4. The van der Waals surface area contributed by atoms with Crippen LogP contribution in [0.15, 0.2) is 23.7 Å². The van der Waals surface area contributed by atoms with Gasteiger partial charge in [0.05, 0.1) is 24.3 Å². The standard InChI is InChI=1S/C12H17N5O2S/c1-9-6-14-15-12(9)10-4-3-5-17(10)20(18,19)11-7-16(2)8-13-11/h6-8,10H,3-5H2,1-2H3,(H,14,15)/t10-/m1/s1. The third-order valence-corrected chi connectivity index (χ3v) is 5.45. The maximum atomic E-state index is 12.7. The molecule has 1 N–H and O–H groups in total. The monoisotopic (exact) mass is 295 g/mol. The number of H-pyrrole nitrogens is 1. The molecule has 0 saturated carbocycles. The van der Waals surface area contributed by atoms with Gasteiger partial charge in [0.15, 0.2) is 5.03 Å². The van der Waals surface area contributed by atoms with Crippen LogP contribution < -0.4 is 0 Å². The lowest BCUT2D eigenvalue weighted by molar-refractivity contribution is 0.387. The summed E-state index contributed by atoms with van der Waals surface area (Å²) < 4.78 is 28.5. The molecule has 1 aliphatic heterocycles. The number of aryl methyl sites for hydroxylation is 2. The first-order chi connectivity index (χ1) is 9.50. The van der Waals surface area contributed by atoms with Crippen LogP contribution in [0.4, 0.5) is 0 Å². The Kier molecular flexibility index (Phi) is 3.14. The number of rotatable bonds is 3. The number of nitrogens with zero attached hydrogens (tertiary/aromatic N) is 4. The van der Waals surface area contributed by atoms with Gasteiger partial charge in [-0.3, -0.25) is 5.10 Å². The molecule has 1 fully saturated rings. The SMILES string of the molecule is Cc1cn[nH]c1[C@H]1CCCN1S(=O)(=O)c1cn(C)cn1. The molecule has 7 nitrogen and oxygen atoms in total. The van der Waals surface area contributed by atoms with Crippen LogP contribution in [0.1, 0.15) is 30.1 Å². The molecule has 0 bridgehead atoms. The van der Waals surface area contributed by atoms with E-state index >= 15 is 0 Å². The summed E-state index contributed by atoms with van der Waals surface area (Å²) in [5.41, 5.74) is 1.86. The smallest absolute Gasteiger partial charge is 0.262 e. The maximum absolute atomic E-state index is 12.7. The van der Waals surface area contributed by atoms with Crippen LogP contribution in [0.2, 0.25) is 0 Å². The van der Waals surface area contributed by atoms with Crippen molar-refractivity contribution in [1.82, 2.24) is 24.1 Å². The van der Waals surface area contributed by atoms with Gasteiger partial charge in [0.25, 0.3) is 10.0 Å². The van der Waals surface area contributed by atoms with E-state index < -0.39 is 10.0 Å². The number of hydrogen-bond acceptors (Lipinski definition) is 4. The van der Waals surface area contributed by atoms with Crippen LogP contribution in [-0.2, 0) is 17.1 Å². The van der Waals surface area contributed by atoms with Gasteiger partial charge in [-0.15, -0.1) is 0 Å². The van der Waals surface area contributed by atoms with Gasteiger partial charge in [0, 0.05) is 19.8 Å². The summed E-state index contributed by atoms with van der Waals surface area (Å²) in [7, 11) is -1.80. The summed E-state index contributed by atoms with van der Waals surface area (Å²) in [5.74, 6) is 0. The minimum atomic E-state index is -3.56. The number of imidazole rings is 1. The van der Waals surface area contributed by atoms with Crippen LogP contribution in [0, 0.1) is 6.92 Å². The van der Waals surface area contributed by atoms with Crippen molar-refractivity contribution >= 4 is 10.0 Å². The number of aromatic amines is 1. The average Bonchev–Trinajstić information content (AvgIpc) is 3.07. The highest BCUT2D eigenvalue weighted by Crippen LogP contribution is 2.36.